The van der Waals surface area contributed by atoms with E-state index < -0.39 is 0 Å². The first-order valence-corrected chi connectivity index (χ1v) is 8.37. The van der Waals surface area contributed by atoms with E-state index in [0.29, 0.717) is 12.1 Å². The first-order valence-electron chi connectivity index (χ1n) is 7.58. The Kier molecular flexibility index (Phi) is 6.49. The Labute approximate surface area is 130 Å². The van der Waals surface area contributed by atoms with Crippen molar-refractivity contribution in [3.05, 3.63) is 34.3 Å². The van der Waals surface area contributed by atoms with E-state index in [1.165, 1.54) is 18.4 Å². The van der Waals surface area contributed by atoms with Crippen molar-refractivity contribution in [3.63, 3.8) is 0 Å². The summed E-state index contributed by atoms with van der Waals surface area (Å²) < 4.78 is 1.12. The van der Waals surface area contributed by atoms with Crippen molar-refractivity contribution >= 4 is 15.9 Å². The lowest BCUT2D eigenvalue weighted by atomic mass is 10.0. The molecule has 2 rings (SSSR count). The van der Waals surface area contributed by atoms with Gasteiger partial charge in [-0.2, -0.15) is 0 Å². The van der Waals surface area contributed by atoms with Gasteiger partial charge in [-0.25, -0.2) is 0 Å². The zero-order chi connectivity index (χ0) is 14.4. The van der Waals surface area contributed by atoms with Crippen LogP contribution in [-0.2, 0) is 0 Å². The topological polar surface area (TPSA) is 35.5 Å². The Bertz CT molecular complexity index is 392. The van der Waals surface area contributed by atoms with Gasteiger partial charge in [-0.3, -0.25) is 4.90 Å². The van der Waals surface area contributed by atoms with E-state index >= 15 is 0 Å². The molecule has 1 aromatic carbocycles. The molecule has 0 saturated heterocycles. The van der Waals surface area contributed by atoms with Gasteiger partial charge < -0.3 is 10.4 Å². The minimum Gasteiger partial charge on any atom is -0.395 e. The number of benzene rings is 1. The van der Waals surface area contributed by atoms with Crippen LogP contribution in [0, 0.1) is 0 Å². The maximum absolute atomic E-state index is 9.17. The molecule has 0 aromatic heterocycles. The number of hydrogen-bond donors (Lipinski definition) is 2. The normalized spacial score (nSPS) is 16.6. The van der Waals surface area contributed by atoms with Gasteiger partial charge in [0.1, 0.15) is 0 Å². The smallest absolute Gasteiger partial charge is 0.0558 e. The molecule has 1 atom stereocenters. The van der Waals surface area contributed by atoms with Gasteiger partial charge in [-0.1, -0.05) is 35.0 Å². The van der Waals surface area contributed by atoms with E-state index in [1.54, 1.807) is 0 Å². The van der Waals surface area contributed by atoms with Crippen molar-refractivity contribution < 1.29 is 5.11 Å². The van der Waals surface area contributed by atoms with Crippen LogP contribution in [0.25, 0.3) is 0 Å². The van der Waals surface area contributed by atoms with Gasteiger partial charge in [0.05, 0.1) is 6.61 Å². The zero-order valence-corrected chi connectivity index (χ0v) is 13.8. The molecule has 20 heavy (non-hydrogen) atoms. The van der Waals surface area contributed by atoms with E-state index in [1.807, 2.05) is 0 Å². The summed E-state index contributed by atoms with van der Waals surface area (Å²) in [5, 5.41) is 12.7. The molecular weight excluding hydrogens is 316 g/mol. The number of nitrogens with one attached hydrogen (secondary N) is 1. The van der Waals surface area contributed by atoms with Gasteiger partial charge in [0, 0.05) is 29.6 Å². The van der Waals surface area contributed by atoms with Crippen LogP contribution in [0.1, 0.15) is 37.8 Å². The number of rotatable bonds is 9. The predicted molar refractivity (Wildman–Crippen MR) is 86.9 cm³/mol. The quantitative estimate of drug-likeness (QED) is 0.725. The highest BCUT2D eigenvalue weighted by Gasteiger charge is 2.28. The summed E-state index contributed by atoms with van der Waals surface area (Å²) >= 11 is 3.49. The van der Waals surface area contributed by atoms with Crippen LogP contribution < -0.4 is 5.32 Å². The lowest BCUT2D eigenvalue weighted by molar-refractivity contribution is 0.182. The Morgan fingerprint density at radius 2 is 2.00 bits per heavy atom. The molecule has 1 fully saturated rings. The minimum atomic E-state index is 0.265. The molecule has 3 nitrogen and oxygen atoms in total. The van der Waals surface area contributed by atoms with Gasteiger partial charge in [-0.15, -0.1) is 0 Å². The van der Waals surface area contributed by atoms with E-state index in [2.05, 4.69) is 57.3 Å². The molecule has 0 aliphatic heterocycles. The minimum absolute atomic E-state index is 0.265. The number of aliphatic hydroxyl groups is 1. The fraction of sp³-hybridized carbons (Fsp3) is 0.625. The predicted octanol–water partition coefficient (Wildman–Crippen LogP) is 2.95. The summed E-state index contributed by atoms with van der Waals surface area (Å²) in [5.74, 6) is 0. The molecule has 1 aromatic rings. The highest BCUT2D eigenvalue weighted by atomic mass is 79.9. The first-order chi connectivity index (χ1) is 9.74. The van der Waals surface area contributed by atoms with Crippen molar-refractivity contribution in [1.29, 1.82) is 0 Å². The monoisotopic (exact) mass is 340 g/mol. The molecule has 1 aliphatic rings. The van der Waals surface area contributed by atoms with Gasteiger partial charge in [0.25, 0.3) is 0 Å². The van der Waals surface area contributed by atoms with E-state index in [4.69, 9.17) is 5.11 Å². The Hall–Kier alpha value is -0.420. The summed E-state index contributed by atoms with van der Waals surface area (Å²) in [5.41, 5.74) is 1.34. The van der Waals surface area contributed by atoms with Crippen LogP contribution in [-0.4, -0.2) is 42.3 Å². The first kappa shape index (κ1) is 16.0. The van der Waals surface area contributed by atoms with Crippen LogP contribution in [0.3, 0.4) is 0 Å². The van der Waals surface area contributed by atoms with Crippen LogP contribution in [0.5, 0.6) is 0 Å². The van der Waals surface area contributed by atoms with Crippen molar-refractivity contribution in [2.24, 2.45) is 0 Å². The fourth-order valence-electron chi connectivity index (χ4n) is 2.67. The van der Waals surface area contributed by atoms with E-state index in [9.17, 15) is 0 Å². The van der Waals surface area contributed by atoms with Crippen molar-refractivity contribution in [2.75, 3.05) is 26.2 Å². The second-order valence-corrected chi connectivity index (χ2v) is 6.36. The summed E-state index contributed by atoms with van der Waals surface area (Å²) in [6, 6.07) is 9.69. The number of nitrogens with zero attached hydrogens (tertiary/aromatic N) is 1. The lowest BCUT2D eigenvalue weighted by Crippen LogP contribution is -2.33. The van der Waals surface area contributed by atoms with Gasteiger partial charge in [0.15, 0.2) is 0 Å². The second kappa shape index (κ2) is 8.13. The lowest BCUT2D eigenvalue weighted by Gasteiger charge is -2.25. The van der Waals surface area contributed by atoms with E-state index in [0.717, 1.165) is 30.5 Å². The highest BCUT2D eigenvalue weighted by Crippen LogP contribution is 2.28. The molecular formula is C16H25BrN2O. The average molecular weight is 341 g/mol. The molecule has 1 unspecified atom stereocenters. The van der Waals surface area contributed by atoms with Crippen molar-refractivity contribution in [1.82, 2.24) is 10.2 Å². The molecule has 0 radical (unpaired) electrons. The molecule has 0 bridgehead atoms. The summed E-state index contributed by atoms with van der Waals surface area (Å²) in [7, 11) is 0. The molecule has 4 heteroatoms. The summed E-state index contributed by atoms with van der Waals surface area (Å²) in [6.07, 6.45) is 3.68. The molecule has 0 spiro atoms. The average Bonchev–Trinajstić information content (AvgIpc) is 3.27. The molecule has 1 saturated carbocycles. The van der Waals surface area contributed by atoms with Gasteiger partial charge in [0.2, 0.25) is 0 Å². The maximum Gasteiger partial charge on any atom is 0.0558 e. The third kappa shape index (κ3) is 4.85. The molecule has 0 amide bonds. The number of hydrogen-bond acceptors (Lipinski definition) is 3. The van der Waals surface area contributed by atoms with Crippen LogP contribution >= 0.6 is 15.9 Å². The molecule has 112 valence electrons. The van der Waals surface area contributed by atoms with Crippen LogP contribution in [0.2, 0.25) is 0 Å². The fourth-order valence-corrected chi connectivity index (χ4v) is 2.93. The van der Waals surface area contributed by atoms with Crippen LogP contribution in [0.4, 0.5) is 0 Å². The maximum atomic E-state index is 9.17. The molecule has 1 aliphatic carbocycles. The standard InChI is InChI=1S/C16H25BrN2O/c1-2-18-16(13-3-5-14(17)6-4-13)9-10-19(11-12-20)15-7-8-15/h3-6,15-16,18,20H,2,7-12H2,1H3. The van der Waals surface area contributed by atoms with Crippen LogP contribution in [0.15, 0.2) is 28.7 Å². The zero-order valence-electron chi connectivity index (χ0n) is 12.2. The number of aliphatic hydroxyl groups excluding tert-OH is 1. The Balaban J connectivity index is 1.92. The second-order valence-electron chi connectivity index (χ2n) is 5.44. The summed E-state index contributed by atoms with van der Waals surface area (Å²) in [6.45, 7) is 5.26. The Morgan fingerprint density at radius 3 is 2.55 bits per heavy atom. The Morgan fingerprint density at radius 1 is 1.30 bits per heavy atom. The van der Waals surface area contributed by atoms with Crippen molar-refractivity contribution in [3.8, 4) is 0 Å². The largest absolute Gasteiger partial charge is 0.395 e. The third-order valence-corrected chi connectivity index (χ3v) is 4.41. The van der Waals surface area contributed by atoms with Gasteiger partial charge in [-0.05, 0) is 43.5 Å². The highest BCUT2D eigenvalue weighted by molar-refractivity contribution is 9.10. The number of halogens is 1. The third-order valence-electron chi connectivity index (χ3n) is 3.88. The van der Waals surface area contributed by atoms with Crippen molar-refractivity contribution in [2.45, 2.75) is 38.3 Å². The molecule has 2 N–H and O–H groups in total. The molecule has 0 heterocycles. The SMILES string of the molecule is CCNC(CCN(CCO)C1CC1)c1ccc(Br)cc1. The summed E-state index contributed by atoms with van der Waals surface area (Å²) in [4.78, 5) is 2.43. The van der Waals surface area contributed by atoms with E-state index in [-0.39, 0.29) is 6.61 Å². The van der Waals surface area contributed by atoms with Gasteiger partial charge >= 0.3 is 0 Å².